The van der Waals surface area contributed by atoms with Crippen molar-refractivity contribution in [2.24, 2.45) is 0 Å². The average molecular weight is 443 g/mol. The van der Waals surface area contributed by atoms with Crippen LogP contribution in [0.1, 0.15) is 57.7 Å². The molecule has 0 unspecified atom stereocenters. The van der Waals surface area contributed by atoms with Gasteiger partial charge in [0.25, 0.3) is 11.8 Å². The number of carbonyl (C=O) groups is 2. The Balaban J connectivity index is 1.40. The fourth-order valence-corrected chi connectivity index (χ4v) is 5.49. The smallest absolute Gasteiger partial charge is 0.261 e. The van der Waals surface area contributed by atoms with E-state index in [-0.39, 0.29) is 23.5 Å². The van der Waals surface area contributed by atoms with E-state index in [9.17, 15) is 14.0 Å². The number of anilines is 1. The third-order valence-electron chi connectivity index (χ3n) is 6.99. The topological polar surface area (TPSA) is 75.4 Å². The lowest BCUT2D eigenvalue weighted by Crippen LogP contribution is -2.34. The first-order chi connectivity index (χ1) is 16.1. The minimum Gasteiger partial charge on any atom is -0.370 e. The number of halogens is 1. The number of carbonyl (C=O) groups excluding carboxylic acids is 2. The number of aromatic nitrogens is 1. The lowest BCUT2D eigenvalue weighted by molar-refractivity contribution is 0.0879. The van der Waals surface area contributed by atoms with Gasteiger partial charge in [0, 0.05) is 35.8 Å². The molecule has 2 aliphatic heterocycles. The highest BCUT2D eigenvalue weighted by molar-refractivity contribution is 6.28. The molecule has 1 N–H and O–H groups in total. The van der Waals surface area contributed by atoms with E-state index in [1.165, 1.54) is 12.1 Å². The Morgan fingerprint density at radius 1 is 1.03 bits per heavy atom. The highest BCUT2D eigenvalue weighted by atomic mass is 19.1. The Hall–Kier alpha value is -3.74. The molecular formula is C26H22FN3O3. The van der Waals surface area contributed by atoms with Crippen LogP contribution in [0, 0.1) is 5.82 Å². The first-order valence-corrected chi connectivity index (χ1v) is 11.3. The number of amides is 2. The summed E-state index contributed by atoms with van der Waals surface area (Å²) >= 11 is 0. The van der Waals surface area contributed by atoms with Crippen LogP contribution in [0.15, 0.2) is 47.0 Å². The second-order valence-corrected chi connectivity index (χ2v) is 8.73. The molecule has 1 aromatic heterocycles. The molecule has 4 aromatic rings. The van der Waals surface area contributed by atoms with Crippen molar-refractivity contribution in [1.29, 1.82) is 0 Å². The number of benzene rings is 3. The summed E-state index contributed by atoms with van der Waals surface area (Å²) in [6.45, 7) is 3.44. The van der Waals surface area contributed by atoms with Crippen molar-refractivity contribution in [3.05, 3.63) is 70.7 Å². The lowest BCUT2D eigenvalue weighted by atomic mass is 9.88. The molecule has 3 aromatic carbocycles. The van der Waals surface area contributed by atoms with Gasteiger partial charge in [0.1, 0.15) is 5.82 Å². The van der Waals surface area contributed by atoms with E-state index < -0.39 is 0 Å². The molecule has 7 heteroatoms. The van der Waals surface area contributed by atoms with E-state index in [4.69, 9.17) is 4.52 Å². The van der Waals surface area contributed by atoms with Crippen LogP contribution in [0.25, 0.3) is 21.7 Å². The minimum atomic E-state index is -0.343. The summed E-state index contributed by atoms with van der Waals surface area (Å²) in [5.41, 5.74) is 4.09. The van der Waals surface area contributed by atoms with Crippen LogP contribution in [-0.4, -0.2) is 30.1 Å². The molecule has 166 valence electrons. The van der Waals surface area contributed by atoms with E-state index in [1.54, 1.807) is 6.07 Å². The van der Waals surface area contributed by atoms with Crippen LogP contribution < -0.4 is 10.2 Å². The number of nitrogens with one attached hydrogen (secondary N) is 1. The highest BCUT2D eigenvalue weighted by Gasteiger charge is 2.37. The van der Waals surface area contributed by atoms with Gasteiger partial charge in [-0.3, -0.25) is 14.9 Å². The number of rotatable bonds is 3. The predicted octanol–water partition coefficient (Wildman–Crippen LogP) is 4.95. The predicted molar refractivity (Wildman–Crippen MR) is 123 cm³/mol. The number of imide groups is 1. The Labute approximate surface area is 189 Å². The van der Waals surface area contributed by atoms with Crippen molar-refractivity contribution in [2.45, 2.75) is 32.1 Å². The first kappa shape index (κ1) is 19.9. The number of hydrogen-bond acceptors (Lipinski definition) is 5. The second kappa shape index (κ2) is 7.40. The first-order valence-electron chi connectivity index (χ1n) is 11.3. The van der Waals surface area contributed by atoms with E-state index in [2.05, 4.69) is 15.4 Å². The fourth-order valence-electron chi connectivity index (χ4n) is 5.49. The van der Waals surface area contributed by atoms with E-state index in [0.29, 0.717) is 36.2 Å². The van der Waals surface area contributed by atoms with Gasteiger partial charge in [0.2, 0.25) is 0 Å². The van der Waals surface area contributed by atoms with Crippen molar-refractivity contribution in [3.63, 3.8) is 0 Å². The maximum atomic E-state index is 13.5. The lowest BCUT2D eigenvalue weighted by Gasteiger charge is -2.35. The third kappa shape index (κ3) is 2.95. The number of hydrogen-bond donors (Lipinski definition) is 1. The van der Waals surface area contributed by atoms with Crippen LogP contribution in [0.3, 0.4) is 0 Å². The van der Waals surface area contributed by atoms with E-state index in [1.807, 2.05) is 31.2 Å². The molecule has 3 heterocycles. The van der Waals surface area contributed by atoms with Gasteiger partial charge in [0.15, 0.2) is 5.58 Å². The van der Waals surface area contributed by atoms with Crippen LogP contribution >= 0.6 is 0 Å². The summed E-state index contributed by atoms with van der Waals surface area (Å²) in [5.74, 6) is -0.797. The summed E-state index contributed by atoms with van der Waals surface area (Å²) in [6, 6.07) is 12.5. The largest absolute Gasteiger partial charge is 0.370 e. The molecule has 2 aliphatic rings. The molecule has 0 aliphatic carbocycles. The molecule has 33 heavy (non-hydrogen) atoms. The zero-order chi connectivity index (χ0) is 22.7. The Morgan fingerprint density at radius 2 is 1.76 bits per heavy atom. The molecule has 6 rings (SSSR count). The molecule has 0 spiro atoms. The quantitative estimate of drug-likeness (QED) is 0.454. The van der Waals surface area contributed by atoms with Crippen LogP contribution in [-0.2, 0) is 6.42 Å². The molecule has 0 radical (unpaired) electrons. The van der Waals surface area contributed by atoms with Gasteiger partial charge in [-0.25, -0.2) is 4.39 Å². The Morgan fingerprint density at radius 3 is 2.52 bits per heavy atom. The van der Waals surface area contributed by atoms with Crippen molar-refractivity contribution in [3.8, 4) is 0 Å². The highest BCUT2D eigenvalue weighted by Crippen LogP contribution is 2.42. The summed E-state index contributed by atoms with van der Waals surface area (Å²) in [7, 11) is 0. The molecular weight excluding hydrogens is 421 g/mol. The van der Waals surface area contributed by atoms with Gasteiger partial charge in [-0.1, -0.05) is 36.3 Å². The SMILES string of the molecule is CCc1c2c(c(N3CCC(c4noc5cc(F)ccc45)CC3)c3ccccc13)C(=O)NC2=O. The van der Waals surface area contributed by atoms with Crippen LogP contribution in [0.5, 0.6) is 0 Å². The number of fused-ring (bicyclic) bond motifs is 3. The minimum absolute atomic E-state index is 0.178. The summed E-state index contributed by atoms with van der Waals surface area (Å²) in [4.78, 5) is 27.8. The molecule has 2 amide bonds. The molecule has 0 atom stereocenters. The van der Waals surface area contributed by atoms with Gasteiger partial charge < -0.3 is 9.42 Å². The maximum Gasteiger partial charge on any atom is 0.261 e. The van der Waals surface area contributed by atoms with Gasteiger partial charge in [-0.15, -0.1) is 0 Å². The van der Waals surface area contributed by atoms with Gasteiger partial charge in [-0.05, 0) is 42.3 Å². The number of nitrogens with zero attached hydrogens (tertiary/aromatic N) is 2. The van der Waals surface area contributed by atoms with Gasteiger partial charge in [0.05, 0.1) is 22.5 Å². The monoisotopic (exact) mass is 443 g/mol. The van der Waals surface area contributed by atoms with Crippen molar-refractivity contribution >= 4 is 39.2 Å². The Bertz CT molecular complexity index is 1450. The molecule has 0 saturated carbocycles. The van der Waals surface area contributed by atoms with Crippen molar-refractivity contribution < 1.29 is 18.5 Å². The van der Waals surface area contributed by atoms with Gasteiger partial charge in [-0.2, -0.15) is 0 Å². The summed E-state index contributed by atoms with van der Waals surface area (Å²) in [5, 5.41) is 9.61. The Kier molecular flexibility index (Phi) is 4.47. The summed E-state index contributed by atoms with van der Waals surface area (Å²) in [6.07, 6.45) is 2.30. The fraction of sp³-hybridized carbons (Fsp3) is 0.269. The van der Waals surface area contributed by atoms with Crippen molar-refractivity contribution in [1.82, 2.24) is 10.5 Å². The van der Waals surface area contributed by atoms with E-state index in [0.717, 1.165) is 45.9 Å². The zero-order valence-electron chi connectivity index (χ0n) is 18.2. The summed E-state index contributed by atoms with van der Waals surface area (Å²) < 4.78 is 18.9. The molecule has 0 bridgehead atoms. The van der Waals surface area contributed by atoms with E-state index >= 15 is 0 Å². The van der Waals surface area contributed by atoms with Crippen molar-refractivity contribution in [2.75, 3.05) is 18.0 Å². The third-order valence-corrected chi connectivity index (χ3v) is 6.99. The number of aryl methyl sites for hydroxylation is 1. The average Bonchev–Trinajstić information content (AvgIpc) is 3.37. The number of piperidine rings is 1. The second-order valence-electron chi connectivity index (χ2n) is 8.73. The standard InChI is InChI=1S/C26H22FN3O3/c1-2-16-17-5-3-4-6-18(17)24(22-21(16)25(31)28-26(22)32)30-11-9-14(10-12-30)23-19-8-7-15(27)13-20(19)33-29-23/h3-8,13-14H,2,9-12H2,1H3,(H,28,31,32). The van der Waals surface area contributed by atoms with Crippen LogP contribution in [0.4, 0.5) is 10.1 Å². The molecule has 6 nitrogen and oxygen atoms in total. The normalized spacial score (nSPS) is 16.6. The molecule has 1 fully saturated rings. The maximum absolute atomic E-state index is 13.5. The van der Waals surface area contributed by atoms with Gasteiger partial charge >= 0.3 is 0 Å². The zero-order valence-corrected chi connectivity index (χ0v) is 18.2. The molecule has 1 saturated heterocycles. The van der Waals surface area contributed by atoms with Crippen LogP contribution in [0.2, 0.25) is 0 Å².